The summed E-state index contributed by atoms with van der Waals surface area (Å²) in [6.45, 7) is 16.6. The molecule has 0 aliphatic rings. The minimum atomic E-state index is 0.694. The second kappa shape index (κ2) is 15.5. The maximum Gasteiger partial charge on any atom is 0.0711 e. The molecule has 232 valence electrons. The van der Waals surface area contributed by atoms with Gasteiger partial charge in [-0.05, 0) is 78.1 Å². The summed E-state index contributed by atoms with van der Waals surface area (Å²) < 4.78 is 2.34. The van der Waals surface area contributed by atoms with Crippen molar-refractivity contribution in [1.82, 2.24) is 4.57 Å². The molecule has 6 rings (SSSR count). The molecule has 1 heterocycles. The van der Waals surface area contributed by atoms with Gasteiger partial charge in [0.1, 0.15) is 0 Å². The van der Waals surface area contributed by atoms with Crippen LogP contribution < -0.4 is 0 Å². The first-order chi connectivity index (χ1) is 23.1. The molecule has 0 aliphatic carbocycles. The molecule has 2 heteroatoms. The van der Waals surface area contributed by atoms with Crippen LogP contribution in [-0.2, 0) is 0 Å². The average Bonchev–Trinajstić information content (AvgIpc) is 3.47. The van der Waals surface area contributed by atoms with Crippen LogP contribution in [0.15, 0.2) is 181 Å². The number of aliphatic imine (C=N–C) groups is 1. The summed E-state index contributed by atoms with van der Waals surface area (Å²) in [6.07, 6.45) is 9.98. The summed E-state index contributed by atoms with van der Waals surface area (Å²) in [7, 11) is 0. The number of hydrogen-bond donors (Lipinski definition) is 0. The minimum Gasteiger partial charge on any atom is -0.309 e. The topological polar surface area (TPSA) is 17.3 Å². The molecule has 0 saturated carbocycles. The summed E-state index contributed by atoms with van der Waals surface area (Å²) in [5.41, 5.74) is 11.5. The zero-order chi connectivity index (χ0) is 33.2. The van der Waals surface area contributed by atoms with Gasteiger partial charge >= 0.3 is 0 Å². The number of allylic oxidation sites excluding steroid dienone is 7. The molecule has 47 heavy (non-hydrogen) atoms. The lowest BCUT2D eigenvalue weighted by Crippen LogP contribution is -1.99. The SMILES string of the molecule is C=C/C(=C\C=C/C)C(/C=C(\C)c1ccccc1)=NC(=C)c1cccc(-c2ccc(-n3c4ccccc4c4ccccc43)cc2)c1.CC. The third kappa shape index (κ3) is 7.24. The van der Waals surface area contributed by atoms with Crippen molar-refractivity contribution in [3.63, 3.8) is 0 Å². The van der Waals surface area contributed by atoms with Crippen LogP contribution in [0.4, 0.5) is 0 Å². The molecule has 0 saturated heterocycles. The molecule has 0 atom stereocenters. The van der Waals surface area contributed by atoms with Gasteiger partial charge in [0.2, 0.25) is 0 Å². The molecule has 0 fully saturated rings. The first-order valence-corrected chi connectivity index (χ1v) is 16.2. The van der Waals surface area contributed by atoms with E-state index in [1.807, 2.05) is 63.3 Å². The number of fused-ring (bicyclic) bond motifs is 3. The highest BCUT2D eigenvalue weighted by atomic mass is 15.0. The van der Waals surface area contributed by atoms with Crippen molar-refractivity contribution in [3.8, 4) is 16.8 Å². The maximum absolute atomic E-state index is 5.05. The van der Waals surface area contributed by atoms with Gasteiger partial charge in [0, 0.05) is 22.0 Å². The van der Waals surface area contributed by atoms with Gasteiger partial charge < -0.3 is 4.57 Å². The molecule has 0 bridgehead atoms. The fourth-order valence-electron chi connectivity index (χ4n) is 5.72. The summed E-state index contributed by atoms with van der Waals surface area (Å²) in [6, 6.07) is 44.7. The Morgan fingerprint density at radius 3 is 1.89 bits per heavy atom. The standard InChI is InChI=1S/C43H36N2.C2H6/c1-5-7-16-33(6-2)41(29-31(3)34-17-9-8-10-18-34)44-32(4)36-19-15-20-37(30-36)35-25-27-38(28-26-35)45-42-23-13-11-21-39(42)40-22-12-14-24-43(40)45;1-2/h5-30H,2,4H2,1,3H3;1-2H3/b7-5-,31-29+,33-16+,44-41?;. The Labute approximate surface area is 279 Å². The molecule has 6 aromatic rings. The Morgan fingerprint density at radius 1 is 0.681 bits per heavy atom. The molecule has 0 radical (unpaired) electrons. The van der Waals surface area contributed by atoms with Gasteiger partial charge in [-0.2, -0.15) is 0 Å². The van der Waals surface area contributed by atoms with Crippen molar-refractivity contribution in [2.45, 2.75) is 27.7 Å². The molecule has 0 spiro atoms. The normalized spacial score (nSPS) is 12.3. The van der Waals surface area contributed by atoms with E-state index in [1.54, 1.807) is 0 Å². The monoisotopic (exact) mass is 610 g/mol. The van der Waals surface area contributed by atoms with Crippen LogP contribution in [0.3, 0.4) is 0 Å². The fraction of sp³-hybridized carbons (Fsp3) is 0.0889. The van der Waals surface area contributed by atoms with E-state index in [1.165, 1.54) is 21.8 Å². The number of benzene rings is 5. The molecule has 0 unspecified atom stereocenters. The van der Waals surface area contributed by atoms with Crippen LogP contribution in [0, 0.1) is 0 Å². The molecule has 1 aromatic heterocycles. The largest absolute Gasteiger partial charge is 0.309 e. The highest BCUT2D eigenvalue weighted by Gasteiger charge is 2.12. The quantitative estimate of drug-likeness (QED) is 0.114. The van der Waals surface area contributed by atoms with E-state index in [4.69, 9.17) is 4.99 Å². The highest BCUT2D eigenvalue weighted by molar-refractivity contribution is 6.15. The lowest BCUT2D eigenvalue weighted by Gasteiger charge is -2.11. The second-order valence-electron chi connectivity index (χ2n) is 11.0. The Balaban J connectivity index is 0.00000213. The Morgan fingerprint density at radius 2 is 1.28 bits per heavy atom. The number of rotatable bonds is 9. The van der Waals surface area contributed by atoms with Gasteiger partial charge in [-0.3, -0.25) is 0 Å². The predicted molar refractivity (Wildman–Crippen MR) is 207 cm³/mol. The summed E-state index contributed by atoms with van der Waals surface area (Å²) >= 11 is 0. The first-order valence-electron chi connectivity index (χ1n) is 16.2. The van der Waals surface area contributed by atoms with Crippen molar-refractivity contribution in [2.75, 3.05) is 0 Å². The van der Waals surface area contributed by atoms with Crippen LogP contribution in [0.25, 0.3) is 49.9 Å². The first kappa shape index (κ1) is 32.7. The van der Waals surface area contributed by atoms with Gasteiger partial charge in [0.25, 0.3) is 0 Å². The van der Waals surface area contributed by atoms with Crippen LogP contribution in [0.1, 0.15) is 38.8 Å². The van der Waals surface area contributed by atoms with Crippen molar-refractivity contribution >= 4 is 38.8 Å². The third-order valence-corrected chi connectivity index (χ3v) is 8.06. The van der Waals surface area contributed by atoms with E-state index >= 15 is 0 Å². The van der Waals surface area contributed by atoms with Gasteiger partial charge in [0.05, 0.1) is 22.4 Å². The predicted octanol–water partition coefficient (Wildman–Crippen LogP) is 12.7. The number of hydrogen-bond acceptors (Lipinski definition) is 1. The average molecular weight is 611 g/mol. The highest BCUT2D eigenvalue weighted by Crippen LogP contribution is 2.33. The molecule has 5 aromatic carbocycles. The van der Waals surface area contributed by atoms with Crippen LogP contribution in [-0.4, -0.2) is 10.3 Å². The fourth-order valence-corrected chi connectivity index (χ4v) is 5.72. The molecular formula is C45H42N2. The van der Waals surface area contributed by atoms with Gasteiger partial charge in [-0.25, -0.2) is 4.99 Å². The lowest BCUT2D eigenvalue weighted by atomic mass is 10.0. The maximum atomic E-state index is 5.05. The smallest absolute Gasteiger partial charge is 0.0711 e. The second-order valence-corrected chi connectivity index (χ2v) is 11.0. The van der Waals surface area contributed by atoms with E-state index in [0.29, 0.717) is 5.70 Å². The van der Waals surface area contributed by atoms with Crippen molar-refractivity contribution in [2.24, 2.45) is 4.99 Å². The summed E-state index contributed by atoms with van der Waals surface area (Å²) in [4.78, 5) is 5.05. The van der Waals surface area contributed by atoms with E-state index in [0.717, 1.165) is 44.8 Å². The van der Waals surface area contributed by atoms with E-state index in [-0.39, 0.29) is 0 Å². The lowest BCUT2D eigenvalue weighted by molar-refractivity contribution is 1.18. The molecule has 0 amide bonds. The number of para-hydroxylation sites is 2. The minimum absolute atomic E-state index is 0.694. The zero-order valence-electron chi connectivity index (χ0n) is 27.8. The summed E-state index contributed by atoms with van der Waals surface area (Å²) in [5.74, 6) is 0. The van der Waals surface area contributed by atoms with Crippen LogP contribution in [0.2, 0.25) is 0 Å². The van der Waals surface area contributed by atoms with Crippen molar-refractivity contribution < 1.29 is 0 Å². The Kier molecular flexibility index (Phi) is 10.8. The molecular weight excluding hydrogens is 569 g/mol. The Bertz CT molecular complexity index is 2080. The molecule has 0 aliphatic heterocycles. The van der Waals surface area contributed by atoms with Gasteiger partial charge in [-0.15, -0.1) is 0 Å². The zero-order valence-corrected chi connectivity index (χ0v) is 27.8. The van der Waals surface area contributed by atoms with E-state index in [2.05, 4.69) is 140 Å². The van der Waals surface area contributed by atoms with E-state index in [9.17, 15) is 0 Å². The van der Waals surface area contributed by atoms with E-state index < -0.39 is 0 Å². The van der Waals surface area contributed by atoms with Crippen molar-refractivity contribution in [3.05, 3.63) is 188 Å². The van der Waals surface area contributed by atoms with Gasteiger partial charge in [-0.1, -0.05) is 148 Å². The number of aromatic nitrogens is 1. The van der Waals surface area contributed by atoms with Crippen LogP contribution in [0.5, 0.6) is 0 Å². The van der Waals surface area contributed by atoms with Crippen molar-refractivity contribution in [1.29, 1.82) is 0 Å². The Hall–Kier alpha value is -5.73. The summed E-state index contributed by atoms with van der Waals surface area (Å²) in [5, 5.41) is 2.52. The van der Waals surface area contributed by atoms with Crippen LogP contribution >= 0.6 is 0 Å². The molecule has 2 nitrogen and oxygen atoms in total. The third-order valence-electron chi connectivity index (χ3n) is 8.06. The molecule has 0 N–H and O–H groups in total. The van der Waals surface area contributed by atoms with Gasteiger partial charge in [0.15, 0.2) is 0 Å². The number of nitrogens with zero attached hydrogens (tertiary/aromatic N) is 2.